The minimum atomic E-state index is -0.242. The van der Waals surface area contributed by atoms with Gasteiger partial charge in [0, 0.05) is 6.54 Å². The number of nitrogens with zero attached hydrogens (tertiary/aromatic N) is 3. The predicted molar refractivity (Wildman–Crippen MR) is 88.0 cm³/mol. The van der Waals surface area contributed by atoms with Gasteiger partial charge in [-0.3, -0.25) is 4.79 Å². The number of aromatic nitrogens is 2. The molecule has 0 spiro atoms. The first-order valence-corrected chi connectivity index (χ1v) is 8.09. The quantitative estimate of drug-likeness (QED) is 0.725. The molecule has 7 heteroatoms. The summed E-state index contributed by atoms with van der Waals surface area (Å²) in [6.07, 6.45) is 3.15. The maximum Gasteiger partial charge on any atom is 0.290 e. The molecule has 1 aliphatic heterocycles. The highest BCUT2D eigenvalue weighted by molar-refractivity contribution is 5.91. The summed E-state index contributed by atoms with van der Waals surface area (Å²) in [5.74, 6) is 1.70. The molecule has 0 aliphatic carbocycles. The summed E-state index contributed by atoms with van der Waals surface area (Å²) in [5, 5.41) is 4.07. The van der Waals surface area contributed by atoms with Crippen molar-refractivity contribution in [2.45, 2.75) is 18.9 Å². The van der Waals surface area contributed by atoms with Crippen LogP contribution in [-0.4, -0.2) is 34.6 Å². The molecule has 0 N–H and O–H groups in total. The largest absolute Gasteiger partial charge is 0.496 e. The van der Waals surface area contributed by atoms with Crippen LogP contribution in [0.25, 0.3) is 11.4 Å². The minimum absolute atomic E-state index is 0.162. The van der Waals surface area contributed by atoms with Gasteiger partial charge in [-0.2, -0.15) is 4.98 Å². The smallest absolute Gasteiger partial charge is 0.290 e. The maximum absolute atomic E-state index is 12.6. The standard InChI is InChI=1S/C18H17N3O4/c1-23-14-8-3-2-6-12(14)16-19-17(25-20-16)13-7-4-10-21(13)18(22)15-9-5-11-24-15/h2-3,5-6,8-9,11,13H,4,7,10H2,1H3. The number of methoxy groups -OCH3 is 1. The van der Waals surface area contributed by atoms with Crippen molar-refractivity contribution in [3.8, 4) is 17.1 Å². The van der Waals surface area contributed by atoms with Gasteiger partial charge in [0.2, 0.25) is 11.7 Å². The zero-order valence-electron chi connectivity index (χ0n) is 13.7. The van der Waals surface area contributed by atoms with Gasteiger partial charge in [0.15, 0.2) is 5.76 Å². The zero-order chi connectivity index (χ0) is 17.2. The van der Waals surface area contributed by atoms with E-state index in [1.807, 2.05) is 24.3 Å². The molecule has 1 atom stereocenters. The number of hydrogen-bond donors (Lipinski definition) is 0. The van der Waals surface area contributed by atoms with Gasteiger partial charge in [0.1, 0.15) is 11.8 Å². The van der Waals surface area contributed by atoms with Crippen LogP contribution in [-0.2, 0) is 0 Å². The Kier molecular flexibility index (Phi) is 3.97. The third kappa shape index (κ3) is 2.77. The number of ether oxygens (including phenoxy) is 1. The van der Waals surface area contributed by atoms with Crippen LogP contribution in [0, 0.1) is 0 Å². The molecule has 0 bridgehead atoms. The van der Waals surface area contributed by atoms with E-state index in [0.717, 1.165) is 18.4 Å². The Morgan fingerprint density at radius 3 is 2.96 bits per heavy atom. The second-order valence-electron chi connectivity index (χ2n) is 5.79. The number of benzene rings is 1. The number of rotatable bonds is 4. The van der Waals surface area contributed by atoms with Crippen LogP contribution in [0.3, 0.4) is 0 Å². The average molecular weight is 339 g/mol. The van der Waals surface area contributed by atoms with Gasteiger partial charge >= 0.3 is 0 Å². The molecule has 1 aromatic carbocycles. The van der Waals surface area contributed by atoms with Gasteiger partial charge in [0.05, 0.1) is 18.9 Å². The molecular formula is C18H17N3O4. The molecule has 1 saturated heterocycles. The van der Waals surface area contributed by atoms with E-state index < -0.39 is 0 Å². The van der Waals surface area contributed by atoms with E-state index >= 15 is 0 Å². The zero-order valence-corrected chi connectivity index (χ0v) is 13.7. The van der Waals surface area contributed by atoms with Crippen LogP contribution in [0.5, 0.6) is 5.75 Å². The van der Waals surface area contributed by atoms with E-state index in [4.69, 9.17) is 13.7 Å². The van der Waals surface area contributed by atoms with Crippen molar-refractivity contribution in [3.05, 3.63) is 54.3 Å². The fraction of sp³-hybridized carbons (Fsp3) is 0.278. The fourth-order valence-electron chi connectivity index (χ4n) is 3.12. The summed E-state index contributed by atoms with van der Waals surface area (Å²) in [4.78, 5) is 18.8. The minimum Gasteiger partial charge on any atom is -0.496 e. The molecule has 0 radical (unpaired) electrons. The molecule has 1 fully saturated rings. The molecule has 128 valence electrons. The molecular weight excluding hydrogens is 322 g/mol. The van der Waals surface area contributed by atoms with E-state index in [2.05, 4.69) is 10.1 Å². The van der Waals surface area contributed by atoms with Gasteiger partial charge < -0.3 is 18.6 Å². The first kappa shape index (κ1) is 15.4. The first-order chi connectivity index (χ1) is 12.3. The van der Waals surface area contributed by atoms with Crippen molar-refractivity contribution >= 4 is 5.91 Å². The Morgan fingerprint density at radius 2 is 2.16 bits per heavy atom. The van der Waals surface area contributed by atoms with Gasteiger partial charge in [-0.1, -0.05) is 17.3 Å². The van der Waals surface area contributed by atoms with Crippen molar-refractivity contribution in [1.29, 1.82) is 0 Å². The SMILES string of the molecule is COc1ccccc1-c1noc(C2CCCN2C(=O)c2ccco2)n1. The lowest BCUT2D eigenvalue weighted by Crippen LogP contribution is -2.30. The predicted octanol–water partition coefficient (Wildman–Crippen LogP) is 3.32. The second kappa shape index (κ2) is 6.43. The third-order valence-corrected chi connectivity index (χ3v) is 4.32. The lowest BCUT2D eigenvalue weighted by Gasteiger charge is -2.20. The van der Waals surface area contributed by atoms with E-state index in [0.29, 0.717) is 29.8 Å². The molecule has 4 rings (SSSR count). The normalized spacial score (nSPS) is 17.0. The molecule has 25 heavy (non-hydrogen) atoms. The monoisotopic (exact) mass is 339 g/mol. The van der Waals surface area contributed by atoms with Gasteiger partial charge in [-0.15, -0.1) is 0 Å². The fourth-order valence-corrected chi connectivity index (χ4v) is 3.12. The lowest BCUT2D eigenvalue weighted by atomic mass is 10.2. The van der Waals surface area contributed by atoms with Crippen LogP contribution in [0.15, 0.2) is 51.6 Å². The van der Waals surface area contributed by atoms with E-state index in [1.165, 1.54) is 6.26 Å². The Balaban J connectivity index is 1.62. The number of carbonyl (C=O) groups excluding carboxylic acids is 1. The van der Waals surface area contributed by atoms with Crippen LogP contribution >= 0.6 is 0 Å². The number of para-hydroxylation sites is 1. The van der Waals surface area contributed by atoms with Gasteiger partial charge in [-0.05, 0) is 37.1 Å². The summed E-state index contributed by atoms with van der Waals surface area (Å²) in [6, 6.07) is 10.6. The van der Waals surface area contributed by atoms with Crippen molar-refractivity contribution < 1.29 is 18.5 Å². The van der Waals surface area contributed by atoms with Crippen LogP contribution in [0.4, 0.5) is 0 Å². The first-order valence-electron chi connectivity index (χ1n) is 8.09. The number of likely N-dealkylation sites (tertiary alicyclic amines) is 1. The molecule has 3 heterocycles. The summed E-state index contributed by atoms with van der Waals surface area (Å²) >= 11 is 0. The Morgan fingerprint density at radius 1 is 1.28 bits per heavy atom. The van der Waals surface area contributed by atoms with E-state index in [9.17, 15) is 4.79 Å². The number of hydrogen-bond acceptors (Lipinski definition) is 6. The highest BCUT2D eigenvalue weighted by atomic mass is 16.5. The van der Waals surface area contributed by atoms with Crippen LogP contribution < -0.4 is 4.74 Å². The Hall–Kier alpha value is -3.09. The number of furan rings is 1. The molecule has 1 aliphatic rings. The molecule has 1 unspecified atom stereocenters. The van der Waals surface area contributed by atoms with E-state index in [1.54, 1.807) is 24.1 Å². The van der Waals surface area contributed by atoms with E-state index in [-0.39, 0.29) is 11.9 Å². The third-order valence-electron chi connectivity index (χ3n) is 4.32. The van der Waals surface area contributed by atoms with Gasteiger partial charge in [0.25, 0.3) is 5.91 Å². The Bertz CT molecular complexity index is 872. The summed E-state index contributed by atoms with van der Waals surface area (Å²) < 4.78 is 16.0. The Labute approximate surface area is 144 Å². The average Bonchev–Trinajstić information content (AvgIpc) is 3.41. The molecule has 3 aromatic rings. The maximum atomic E-state index is 12.6. The molecule has 2 aromatic heterocycles. The molecule has 1 amide bonds. The summed E-state index contributed by atoms with van der Waals surface area (Å²) in [5.41, 5.74) is 0.752. The second-order valence-corrected chi connectivity index (χ2v) is 5.79. The molecule has 0 saturated carbocycles. The highest BCUT2D eigenvalue weighted by Crippen LogP contribution is 2.34. The highest BCUT2D eigenvalue weighted by Gasteiger charge is 2.35. The molecule has 7 nitrogen and oxygen atoms in total. The van der Waals surface area contributed by atoms with Crippen LogP contribution in [0.1, 0.15) is 35.3 Å². The van der Waals surface area contributed by atoms with Crippen molar-refractivity contribution in [2.24, 2.45) is 0 Å². The van der Waals surface area contributed by atoms with Crippen molar-refractivity contribution in [2.75, 3.05) is 13.7 Å². The lowest BCUT2D eigenvalue weighted by molar-refractivity contribution is 0.0678. The number of amides is 1. The summed E-state index contributed by atoms with van der Waals surface area (Å²) in [6.45, 7) is 0.635. The van der Waals surface area contributed by atoms with Crippen LogP contribution in [0.2, 0.25) is 0 Å². The van der Waals surface area contributed by atoms with Gasteiger partial charge in [-0.25, -0.2) is 0 Å². The van der Waals surface area contributed by atoms with Crippen molar-refractivity contribution in [3.63, 3.8) is 0 Å². The summed E-state index contributed by atoms with van der Waals surface area (Å²) in [7, 11) is 1.60. The van der Waals surface area contributed by atoms with Crippen molar-refractivity contribution in [1.82, 2.24) is 15.0 Å². The topological polar surface area (TPSA) is 81.6 Å². The number of carbonyl (C=O) groups is 1.